The van der Waals surface area contributed by atoms with E-state index in [4.69, 9.17) is 14.2 Å². The van der Waals surface area contributed by atoms with Crippen molar-refractivity contribution in [3.05, 3.63) is 12.2 Å². The topological polar surface area (TPSA) is 78.9 Å². The lowest BCUT2D eigenvalue weighted by Gasteiger charge is -2.18. The molecule has 0 rings (SSSR count). The van der Waals surface area contributed by atoms with E-state index in [9.17, 15) is 14.4 Å². The van der Waals surface area contributed by atoms with Gasteiger partial charge in [-0.2, -0.15) is 0 Å². The molecule has 0 spiro atoms. The molecule has 0 aromatic rings. The molecule has 0 saturated carbocycles. The van der Waals surface area contributed by atoms with Crippen molar-refractivity contribution in [1.29, 1.82) is 0 Å². The zero-order valence-electron chi connectivity index (χ0n) is 49.0. The van der Waals surface area contributed by atoms with Gasteiger partial charge in [-0.1, -0.05) is 322 Å². The highest BCUT2D eigenvalue weighted by Crippen LogP contribution is 2.18. The predicted molar refractivity (Wildman–Crippen MR) is 312 cm³/mol. The third-order valence-electron chi connectivity index (χ3n) is 15.0. The van der Waals surface area contributed by atoms with E-state index in [0.29, 0.717) is 19.3 Å². The van der Waals surface area contributed by atoms with Crippen LogP contribution in [-0.4, -0.2) is 37.2 Å². The fraction of sp³-hybridized carbons (Fsp3) is 0.924. The van der Waals surface area contributed by atoms with Gasteiger partial charge in [-0.05, 0) is 44.9 Å². The molecular weight excluding hydrogens is 889 g/mol. The molecule has 0 saturated heterocycles. The molecule has 0 amide bonds. The summed E-state index contributed by atoms with van der Waals surface area (Å²) >= 11 is 0. The molecular formula is C66H126O6. The third kappa shape index (κ3) is 59.0. The molecule has 6 heteroatoms. The van der Waals surface area contributed by atoms with E-state index in [0.717, 1.165) is 64.2 Å². The van der Waals surface area contributed by atoms with E-state index in [1.54, 1.807) is 0 Å². The Balaban J connectivity index is 3.80. The molecule has 72 heavy (non-hydrogen) atoms. The van der Waals surface area contributed by atoms with Gasteiger partial charge >= 0.3 is 17.9 Å². The van der Waals surface area contributed by atoms with Crippen LogP contribution in [0.25, 0.3) is 0 Å². The Bertz CT molecular complexity index is 1120. The van der Waals surface area contributed by atoms with Crippen LogP contribution in [-0.2, 0) is 28.6 Å². The van der Waals surface area contributed by atoms with Crippen molar-refractivity contribution >= 4 is 17.9 Å². The molecule has 1 atom stereocenters. The van der Waals surface area contributed by atoms with Crippen molar-refractivity contribution in [3.63, 3.8) is 0 Å². The highest BCUT2D eigenvalue weighted by atomic mass is 16.6. The normalized spacial score (nSPS) is 12.0. The van der Waals surface area contributed by atoms with Crippen LogP contribution in [0.4, 0.5) is 0 Å². The standard InChI is InChI=1S/C66H126O6/c1-4-7-10-13-15-17-19-21-23-24-25-26-27-28-29-30-31-32-33-34-35-36-37-38-39-40-41-42-43-45-46-48-50-53-56-59-65(68)71-62-63(61-70-64(67)58-55-52-12-9-6-3)72-66(69)60-57-54-51-49-47-44-22-20-18-16-14-11-8-5-2/h24-25,63H,4-23,26-62H2,1-3H3/b25-24-. The largest absolute Gasteiger partial charge is 0.462 e. The van der Waals surface area contributed by atoms with E-state index in [1.807, 2.05) is 0 Å². The first-order valence-corrected chi connectivity index (χ1v) is 32.7. The number of unbranched alkanes of at least 4 members (excludes halogenated alkanes) is 48. The molecule has 0 fully saturated rings. The van der Waals surface area contributed by atoms with Gasteiger partial charge in [0.25, 0.3) is 0 Å². The fourth-order valence-corrected chi connectivity index (χ4v) is 10.1. The maximum absolute atomic E-state index is 12.8. The second kappa shape index (κ2) is 61.7. The van der Waals surface area contributed by atoms with Crippen LogP contribution in [0.2, 0.25) is 0 Å². The SMILES string of the molecule is CCCCCCCCCC/C=C\CCCCCCCCCCCCCCCCCCCCCCCCCC(=O)OCC(COC(=O)CCCCCCC)OC(=O)CCCCCCCCCCCCCCCC. The maximum Gasteiger partial charge on any atom is 0.306 e. The zero-order chi connectivity index (χ0) is 52.2. The number of ether oxygens (including phenoxy) is 3. The van der Waals surface area contributed by atoms with Crippen LogP contribution in [0.5, 0.6) is 0 Å². The number of rotatable bonds is 61. The number of hydrogen-bond acceptors (Lipinski definition) is 6. The third-order valence-corrected chi connectivity index (χ3v) is 15.0. The van der Waals surface area contributed by atoms with Gasteiger partial charge < -0.3 is 14.2 Å². The molecule has 0 heterocycles. The Hall–Kier alpha value is -1.85. The second-order valence-corrected chi connectivity index (χ2v) is 22.4. The first-order chi connectivity index (χ1) is 35.5. The minimum absolute atomic E-state index is 0.0639. The number of hydrogen-bond donors (Lipinski definition) is 0. The smallest absolute Gasteiger partial charge is 0.306 e. The minimum atomic E-state index is -0.760. The van der Waals surface area contributed by atoms with Crippen molar-refractivity contribution in [2.24, 2.45) is 0 Å². The van der Waals surface area contributed by atoms with Crippen LogP contribution in [0, 0.1) is 0 Å². The fourth-order valence-electron chi connectivity index (χ4n) is 10.1. The van der Waals surface area contributed by atoms with Gasteiger partial charge in [-0.3, -0.25) is 14.4 Å². The number of carbonyl (C=O) groups is 3. The van der Waals surface area contributed by atoms with Crippen LogP contribution in [0.1, 0.15) is 374 Å². The predicted octanol–water partition coefficient (Wildman–Crippen LogP) is 22.1. The summed E-state index contributed by atoms with van der Waals surface area (Å²) in [5, 5.41) is 0. The van der Waals surface area contributed by atoms with Crippen LogP contribution in [0.3, 0.4) is 0 Å². The lowest BCUT2D eigenvalue weighted by atomic mass is 10.0. The van der Waals surface area contributed by atoms with Crippen molar-refractivity contribution in [3.8, 4) is 0 Å². The summed E-state index contributed by atoms with van der Waals surface area (Å²) in [4.78, 5) is 37.8. The molecule has 0 aromatic carbocycles. The van der Waals surface area contributed by atoms with Gasteiger partial charge in [0, 0.05) is 19.3 Å². The Kier molecular flexibility index (Phi) is 60.1. The van der Waals surface area contributed by atoms with Crippen molar-refractivity contribution in [2.45, 2.75) is 380 Å². The minimum Gasteiger partial charge on any atom is -0.462 e. The van der Waals surface area contributed by atoms with Crippen molar-refractivity contribution in [2.75, 3.05) is 13.2 Å². The average molecular weight is 1020 g/mol. The molecule has 0 aliphatic rings. The summed E-state index contributed by atoms with van der Waals surface area (Å²) in [6.07, 6.45) is 73.0. The number of allylic oxidation sites excluding steroid dienone is 2. The van der Waals surface area contributed by atoms with Gasteiger partial charge in [0.15, 0.2) is 6.10 Å². The lowest BCUT2D eigenvalue weighted by molar-refractivity contribution is -0.167. The maximum atomic E-state index is 12.8. The highest BCUT2D eigenvalue weighted by Gasteiger charge is 2.19. The quantitative estimate of drug-likeness (QED) is 0.0261. The number of esters is 3. The van der Waals surface area contributed by atoms with E-state index < -0.39 is 6.10 Å². The van der Waals surface area contributed by atoms with Gasteiger partial charge in [-0.25, -0.2) is 0 Å². The monoisotopic (exact) mass is 1010 g/mol. The van der Waals surface area contributed by atoms with Crippen LogP contribution >= 0.6 is 0 Å². The van der Waals surface area contributed by atoms with Gasteiger partial charge in [0.05, 0.1) is 0 Å². The number of carbonyl (C=O) groups excluding carboxylic acids is 3. The van der Waals surface area contributed by atoms with Gasteiger partial charge in [-0.15, -0.1) is 0 Å². The second-order valence-electron chi connectivity index (χ2n) is 22.4. The Morgan fingerprint density at radius 1 is 0.264 bits per heavy atom. The summed E-state index contributed by atoms with van der Waals surface area (Å²) in [6, 6.07) is 0. The molecule has 0 aliphatic heterocycles. The average Bonchev–Trinajstić information content (AvgIpc) is 3.38. The van der Waals surface area contributed by atoms with Crippen LogP contribution < -0.4 is 0 Å². The summed E-state index contributed by atoms with van der Waals surface area (Å²) in [5.74, 6) is -0.854. The summed E-state index contributed by atoms with van der Waals surface area (Å²) in [5.41, 5.74) is 0. The molecule has 1 unspecified atom stereocenters. The summed E-state index contributed by atoms with van der Waals surface area (Å²) in [7, 11) is 0. The molecule has 0 radical (unpaired) electrons. The Labute approximate surface area is 450 Å². The molecule has 0 bridgehead atoms. The molecule has 426 valence electrons. The molecule has 6 nitrogen and oxygen atoms in total. The van der Waals surface area contributed by atoms with Gasteiger partial charge in [0.2, 0.25) is 0 Å². The van der Waals surface area contributed by atoms with E-state index in [2.05, 4.69) is 32.9 Å². The molecule has 0 N–H and O–H groups in total. The first-order valence-electron chi connectivity index (χ1n) is 32.7. The van der Waals surface area contributed by atoms with E-state index >= 15 is 0 Å². The van der Waals surface area contributed by atoms with Crippen molar-refractivity contribution < 1.29 is 28.6 Å². The van der Waals surface area contributed by atoms with Crippen molar-refractivity contribution in [1.82, 2.24) is 0 Å². The Morgan fingerprint density at radius 3 is 0.694 bits per heavy atom. The summed E-state index contributed by atoms with van der Waals surface area (Å²) < 4.78 is 16.7. The summed E-state index contributed by atoms with van der Waals surface area (Å²) in [6.45, 7) is 6.61. The Morgan fingerprint density at radius 2 is 0.458 bits per heavy atom. The molecule has 0 aromatic heterocycles. The molecule has 0 aliphatic carbocycles. The highest BCUT2D eigenvalue weighted by molar-refractivity contribution is 5.71. The zero-order valence-corrected chi connectivity index (χ0v) is 49.0. The lowest BCUT2D eigenvalue weighted by Crippen LogP contribution is -2.30. The van der Waals surface area contributed by atoms with Crippen LogP contribution in [0.15, 0.2) is 12.2 Å². The van der Waals surface area contributed by atoms with E-state index in [-0.39, 0.29) is 31.1 Å². The van der Waals surface area contributed by atoms with Gasteiger partial charge in [0.1, 0.15) is 13.2 Å². The first kappa shape index (κ1) is 70.1. The van der Waals surface area contributed by atoms with E-state index in [1.165, 1.54) is 270 Å².